The molecule has 1 aromatic carbocycles. The van der Waals surface area contributed by atoms with Gasteiger partial charge in [0, 0.05) is 0 Å². The first-order valence-electron chi connectivity index (χ1n) is 5.24. The van der Waals surface area contributed by atoms with Crippen LogP contribution in [0.4, 0.5) is 5.95 Å². The lowest BCUT2D eigenvalue weighted by atomic mass is 10.2. The molecule has 0 saturated carbocycles. The molecule has 1 radical (unpaired) electrons. The molecule has 1 aromatic heterocycles. The summed E-state index contributed by atoms with van der Waals surface area (Å²) in [6.07, 6.45) is 2.55. The summed E-state index contributed by atoms with van der Waals surface area (Å²) in [7, 11) is 1.59. The SMILES string of the molecule is CON(Cc1ccccc1)c1n[c]nc(C)n1. The summed E-state index contributed by atoms with van der Waals surface area (Å²) < 4.78 is 0. The van der Waals surface area contributed by atoms with E-state index in [4.69, 9.17) is 4.84 Å². The summed E-state index contributed by atoms with van der Waals surface area (Å²) in [5.41, 5.74) is 1.12. The average Bonchev–Trinajstić information content (AvgIpc) is 2.37. The molecule has 1 heterocycles. The van der Waals surface area contributed by atoms with E-state index in [0.717, 1.165) is 5.56 Å². The maximum Gasteiger partial charge on any atom is 0.254 e. The van der Waals surface area contributed by atoms with Crippen molar-refractivity contribution in [3.63, 3.8) is 0 Å². The van der Waals surface area contributed by atoms with Gasteiger partial charge in [0.25, 0.3) is 5.95 Å². The van der Waals surface area contributed by atoms with Crippen LogP contribution in [0.25, 0.3) is 0 Å². The summed E-state index contributed by atoms with van der Waals surface area (Å²) in [6.45, 7) is 2.37. The summed E-state index contributed by atoms with van der Waals surface area (Å²) in [5, 5.41) is 1.60. The van der Waals surface area contributed by atoms with Gasteiger partial charge in [-0.3, -0.25) is 4.84 Å². The monoisotopic (exact) mass is 229 g/mol. The second kappa shape index (κ2) is 5.36. The highest BCUT2D eigenvalue weighted by atomic mass is 16.7. The summed E-state index contributed by atoms with van der Waals surface area (Å²) in [6, 6.07) is 9.97. The smallest absolute Gasteiger partial charge is 0.254 e. The van der Waals surface area contributed by atoms with Crippen LogP contribution in [0.3, 0.4) is 0 Å². The third-order valence-electron chi connectivity index (χ3n) is 2.24. The van der Waals surface area contributed by atoms with Crippen LogP contribution in [-0.4, -0.2) is 22.1 Å². The van der Waals surface area contributed by atoms with Crippen molar-refractivity contribution in [2.24, 2.45) is 0 Å². The fourth-order valence-corrected chi connectivity index (χ4v) is 1.41. The molecule has 2 rings (SSSR count). The lowest BCUT2D eigenvalue weighted by Crippen LogP contribution is -2.23. The van der Waals surface area contributed by atoms with E-state index in [2.05, 4.69) is 21.3 Å². The van der Waals surface area contributed by atoms with Crippen LogP contribution in [0.15, 0.2) is 30.3 Å². The Balaban J connectivity index is 2.17. The topological polar surface area (TPSA) is 51.1 Å². The average molecular weight is 229 g/mol. The molecule has 0 fully saturated rings. The standard InChI is InChI=1S/C12H13N4O/c1-10-13-9-14-12(15-10)16(17-2)8-11-6-4-3-5-7-11/h3-7H,8H2,1-2H3. The minimum absolute atomic E-state index is 0.462. The minimum atomic E-state index is 0.462. The number of hydrogen-bond donors (Lipinski definition) is 0. The number of benzene rings is 1. The van der Waals surface area contributed by atoms with E-state index in [-0.39, 0.29) is 0 Å². The first-order valence-corrected chi connectivity index (χ1v) is 5.24. The van der Waals surface area contributed by atoms with Gasteiger partial charge < -0.3 is 0 Å². The molecule has 0 spiro atoms. The van der Waals surface area contributed by atoms with Crippen molar-refractivity contribution < 1.29 is 4.84 Å². The Bertz CT molecular complexity index is 475. The molecule has 5 nitrogen and oxygen atoms in total. The maximum absolute atomic E-state index is 5.26. The van der Waals surface area contributed by atoms with Crippen molar-refractivity contribution in [1.82, 2.24) is 15.0 Å². The van der Waals surface area contributed by atoms with Crippen LogP contribution in [-0.2, 0) is 11.4 Å². The molecule has 0 saturated heterocycles. The maximum atomic E-state index is 5.26. The molecule has 87 valence electrons. The third-order valence-corrected chi connectivity index (χ3v) is 2.24. The quantitative estimate of drug-likeness (QED) is 0.744. The lowest BCUT2D eigenvalue weighted by Gasteiger charge is -2.19. The van der Waals surface area contributed by atoms with E-state index in [9.17, 15) is 0 Å². The van der Waals surface area contributed by atoms with E-state index in [0.29, 0.717) is 18.3 Å². The molecule has 0 N–H and O–H groups in total. The Kier molecular flexibility index (Phi) is 3.62. The van der Waals surface area contributed by atoms with E-state index in [1.54, 1.807) is 19.1 Å². The van der Waals surface area contributed by atoms with Crippen molar-refractivity contribution >= 4 is 5.95 Å². The predicted molar refractivity (Wildman–Crippen MR) is 63.0 cm³/mol. The first kappa shape index (κ1) is 11.5. The Labute approximate surface area is 100 Å². The molecule has 0 aliphatic carbocycles. The molecule has 0 atom stereocenters. The van der Waals surface area contributed by atoms with Crippen molar-refractivity contribution in [3.8, 4) is 0 Å². The molecule has 2 aromatic rings. The Hall–Kier alpha value is -2.01. The molecule has 0 aliphatic heterocycles. The van der Waals surface area contributed by atoms with Crippen LogP contribution < -0.4 is 5.06 Å². The molecule has 0 aliphatic rings. The normalized spacial score (nSPS) is 10.2. The predicted octanol–water partition coefficient (Wildman–Crippen LogP) is 1.55. The van der Waals surface area contributed by atoms with Gasteiger partial charge in [0.05, 0.1) is 13.7 Å². The van der Waals surface area contributed by atoms with Crippen molar-refractivity contribution in [2.45, 2.75) is 13.5 Å². The number of rotatable bonds is 4. The van der Waals surface area contributed by atoms with Gasteiger partial charge in [-0.1, -0.05) is 30.3 Å². The molecule has 0 bridgehead atoms. The second-order valence-electron chi connectivity index (χ2n) is 3.49. The molecule has 5 heteroatoms. The summed E-state index contributed by atoms with van der Waals surface area (Å²) >= 11 is 0. The Morgan fingerprint density at radius 3 is 2.65 bits per heavy atom. The van der Waals surface area contributed by atoms with Crippen molar-refractivity contribution in [2.75, 3.05) is 12.2 Å². The third kappa shape index (κ3) is 2.98. The second-order valence-corrected chi connectivity index (χ2v) is 3.49. The highest BCUT2D eigenvalue weighted by Gasteiger charge is 2.10. The Morgan fingerprint density at radius 1 is 1.24 bits per heavy atom. The lowest BCUT2D eigenvalue weighted by molar-refractivity contribution is 0.157. The highest BCUT2D eigenvalue weighted by Crippen LogP contribution is 2.11. The van der Waals surface area contributed by atoms with Crippen LogP contribution in [0.2, 0.25) is 0 Å². The van der Waals surface area contributed by atoms with Crippen LogP contribution in [0.1, 0.15) is 11.4 Å². The zero-order valence-electron chi connectivity index (χ0n) is 9.79. The van der Waals surface area contributed by atoms with Gasteiger partial charge in [0.15, 0.2) is 0 Å². The fourth-order valence-electron chi connectivity index (χ4n) is 1.41. The number of hydroxylamine groups is 1. The minimum Gasteiger partial charge on any atom is -0.274 e. The van der Waals surface area contributed by atoms with Crippen molar-refractivity contribution in [1.29, 1.82) is 0 Å². The largest absolute Gasteiger partial charge is 0.274 e. The summed E-state index contributed by atoms with van der Waals surface area (Å²) in [4.78, 5) is 17.2. The van der Waals surface area contributed by atoms with Gasteiger partial charge in [0.2, 0.25) is 6.33 Å². The number of nitrogens with zero attached hydrogens (tertiary/aromatic N) is 4. The zero-order valence-corrected chi connectivity index (χ0v) is 9.79. The number of hydrogen-bond acceptors (Lipinski definition) is 5. The van der Waals surface area contributed by atoms with Crippen LogP contribution in [0, 0.1) is 13.3 Å². The van der Waals surface area contributed by atoms with Gasteiger partial charge in [-0.15, -0.1) is 0 Å². The molecule has 0 amide bonds. The highest BCUT2D eigenvalue weighted by molar-refractivity contribution is 5.27. The number of aryl methyl sites for hydroxylation is 1. The van der Waals surface area contributed by atoms with Gasteiger partial charge in [0.1, 0.15) is 5.82 Å². The van der Waals surface area contributed by atoms with E-state index in [1.807, 2.05) is 30.3 Å². The van der Waals surface area contributed by atoms with E-state index in [1.165, 1.54) is 0 Å². The number of anilines is 1. The van der Waals surface area contributed by atoms with Gasteiger partial charge in [-0.05, 0) is 12.5 Å². The van der Waals surface area contributed by atoms with E-state index >= 15 is 0 Å². The summed E-state index contributed by atoms with van der Waals surface area (Å²) in [5.74, 6) is 1.08. The first-order chi connectivity index (χ1) is 8.29. The molecular weight excluding hydrogens is 216 g/mol. The van der Waals surface area contributed by atoms with E-state index < -0.39 is 0 Å². The molecule has 0 unspecified atom stereocenters. The molecule has 17 heavy (non-hydrogen) atoms. The van der Waals surface area contributed by atoms with Crippen molar-refractivity contribution in [3.05, 3.63) is 48.0 Å². The van der Waals surface area contributed by atoms with Gasteiger partial charge in [-0.2, -0.15) is 9.97 Å². The van der Waals surface area contributed by atoms with Crippen LogP contribution >= 0.6 is 0 Å². The fraction of sp³-hybridized carbons (Fsp3) is 0.250. The van der Waals surface area contributed by atoms with Crippen LogP contribution in [0.5, 0.6) is 0 Å². The van der Waals surface area contributed by atoms with Gasteiger partial charge >= 0.3 is 0 Å². The molecular formula is C12H13N4O. The number of aromatic nitrogens is 3. The van der Waals surface area contributed by atoms with Gasteiger partial charge in [-0.25, -0.2) is 10.0 Å². The zero-order chi connectivity index (χ0) is 12.1. The Morgan fingerprint density at radius 2 is 2.00 bits per heavy atom.